The van der Waals surface area contributed by atoms with Crippen molar-refractivity contribution in [2.45, 2.75) is 45.6 Å². The summed E-state index contributed by atoms with van der Waals surface area (Å²) in [5, 5.41) is 3.03. The van der Waals surface area contributed by atoms with Gasteiger partial charge in [0.25, 0.3) is 0 Å². The van der Waals surface area contributed by atoms with Crippen LogP contribution in [0.5, 0.6) is 11.5 Å². The van der Waals surface area contributed by atoms with Crippen LogP contribution in [-0.2, 0) is 11.2 Å². The zero-order valence-electron chi connectivity index (χ0n) is 13.2. The van der Waals surface area contributed by atoms with Gasteiger partial charge in [-0.3, -0.25) is 4.79 Å². The molecular formula is C18H23NO3. The second-order valence-electron chi connectivity index (χ2n) is 5.99. The second-order valence-corrected chi connectivity index (χ2v) is 5.99. The summed E-state index contributed by atoms with van der Waals surface area (Å²) in [6, 6.07) is 3.90. The zero-order chi connectivity index (χ0) is 15.5. The van der Waals surface area contributed by atoms with Crippen molar-refractivity contribution < 1.29 is 14.3 Å². The fourth-order valence-corrected chi connectivity index (χ4v) is 3.08. The molecular weight excluding hydrogens is 278 g/mol. The van der Waals surface area contributed by atoms with E-state index in [2.05, 4.69) is 17.5 Å². The third-order valence-corrected chi connectivity index (χ3v) is 4.20. The summed E-state index contributed by atoms with van der Waals surface area (Å²) in [4.78, 5) is 12.4. The van der Waals surface area contributed by atoms with E-state index in [1.807, 2.05) is 26.0 Å². The monoisotopic (exact) mass is 301 g/mol. The topological polar surface area (TPSA) is 47.6 Å². The number of hydrogen-bond donors (Lipinski definition) is 1. The Balaban J connectivity index is 1.81. The van der Waals surface area contributed by atoms with E-state index in [0.717, 1.165) is 42.7 Å². The zero-order valence-corrected chi connectivity index (χ0v) is 13.2. The lowest BCUT2D eigenvalue weighted by Gasteiger charge is -2.19. The van der Waals surface area contributed by atoms with Crippen LogP contribution in [0.25, 0.3) is 0 Å². The minimum atomic E-state index is 0.0487. The number of fused-ring (bicyclic) bond motifs is 1. The molecule has 1 heterocycles. The summed E-state index contributed by atoms with van der Waals surface area (Å²) < 4.78 is 11.5. The Bertz CT molecular complexity index is 594. The van der Waals surface area contributed by atoms with Crippen molar-refractivity contribution in [3.05, 3.63) is 29.8 Å². The first kappa shape index (κ1) is 14.9. The Morgan fingerprint density at radius 2 is 2.27 bits per heavy atom. The smallest absolute Gasteiger partial charge is 0.227 e. The molecule has 1 amide bonds. The standard InChI is InChI=1S/C18H23NO3/c1-3-21-17-10-14-9-12(2)22-16(14)11-15(17)19-18(20)13-7-5-4-6-8-13/h4-5,10-13H,3,6-9H2,1-2H3,(H,19,20)/t12-,13+/m0/s1. The van der Waals surface area contributed by atoms with Gasteiger partial charge in [0, 0.05) is 24.0 Å². The maximum Gasteiger partial charge on any atom is 0.227 e. The fraction of sp³-hybridized carbons (Fsp3) is 0.500. The van der Waals surface area contributed by atoms with Crippen LogP contribution in [0.3, 0.4) is 0 Å². The third kappa shape index (κ3) is 3.11. The minimum Gasteiger partial charge on any atom is -0.492 e. The number of carbonyl (C=O) groups excluding carboxylic acids is 1. The Labute approximate surface area is 131 Å². The molecule has 22 heavy (non-hydrogen) atoms. The number of ether oxygens (including phenoxy) is 2. The molecule has 0 fully saturated rings. The highest BCUT2D eigenvalue weighted by Crippen LogP contribution is 2.38. The number of allylic oxidation sites excluding steroid dienone is 2. The summed E-state index contributed by atoms with van der Waals surface area (Å²) in [5.41, 5.74) is 1.86. The highest BCUT2D eigenvalue weighted by atomic mass is 16.5. The molecule has 1 N–H and O–H groups in total. The van der Waals surface area contributed by atoms with Gasteiger partial charge in [-0.1, -0.05) is 12.2 Å². The third-order valence-electron chi connectivity index (χ3n) is 4.20. The lowest BCUT2D eigenvalue weighted by Crippen LogP contribution is -2.23. The van der Waals surface area contributed by atoms with Crippen molar-refractivity contribution in [1.82, 2.24) is 0 Å². The maximum atomic E-state index is 12.4. The van der Waals surface area contributed by atoms with E-state index in [9.17, 15) is 4.79 Å². The molecule has 0 saturated heterocycles. The Morgan fingerprint density at radius 3 is 3.00 bits per heavy atom. The SMILES string of the molecule is CCOc1cc2c(cc1NC(=O)[C@@H]1CC=CCC1)O[C@@H](C)C2. The molecule has 0 aromatic heterocycles. The van der Waals surface area contributed by atoms with Crippen LogP contribution in [0.2, 0.25) is 0 Å². The number of carbonyl (C=O) groups is 1. The van der Waals surface area contributed by atoms with E-state index in [1.165, 1.54) is 0 Å². The number of nitrogens with one attached hydrogen (secondary N) is 1. The summed E-state index contributed by atoms with van der Waals surface area (Å²) in [6.45, 7) is 4.57. The van der Waals surface area contributed by atoms with Crippen molar-refractivity contribution >= 4 is 11.6 Å². The van der Waals surface area contributed by atoms with Gasteiger partial charge in [-0.25, -0.2) is 0 Å². The maximum absolute atomic E-state index is 12.4. The number of anilines is 1. The summed E-state index contributed by atoms with van der Waals surface area (Å²) in [7, 11) is 0. The molecule has 4 heteroatoms. The number of rotatable bonds is 4. The molecule has 4 nitrogen and oxygen atoms in total. The molecule has 118 valence electrons. The quantitative estimate of drug-likeness (QED) is 0.863. The first-order chi connectivity index (χ1) is 10.7. The summed E-state index contributed by atoms with van der Waals surface area (Å²) in [6.07, 6.45) is 7.99. The van der Waals surface area contributed by atoms with E-state index >= 15 is 0 Å². The van der Waals surface area contributed by atoms with Crippen LogP contribution >= 0.6 is 0 Å². The molecule has 2 atom stereocenters. The van der Waals surface area contributed by atoms with Gasteiger partial charge in [0.2, 0.25) is 5.91 Å². The van der Waals surface area contributed by atoms with Crippen molar-refractivity contribution in [2.75, 3.05) is 11.9 Å². The lowest BCUT2D eigenvalue weighted by molar-refractivity contribution is -0.120. The van der Waals surface area contributed by atoms with Crippen molar-refractivity contribution in [3.8, 4) is 11.5 Å². The predicted octanol–water partition coefficient (Wildman–Crippen LogP) is 3.70. The molecule has 2 aliphatic rings. The molecule has 0 bridgehead atoms. The Morgan fingerprint density at radius 1 is 1.41 bits per heavy atom. The summed E-state index contributed by atoms with van der Waals surface area (Å²) >= 11 is 0. The highest BCUT2D eigenvalue weighted by Gasteiger charge is 2.24. The van der Waals surface area contributed by atoms with Crippen molar-refractivity contribution in [2.24, 2.45) is 5.92 Å². The second kappa shape index (κ2) is 6.42. The van der Waals surface area contributed by atoms with Crippen LogP contribution in [-0.4, -0.2) is 18.6 Å². The van der Waals surface area contributed by atoms with E-state index < -0.39 is 0 Å². The largest absolute Gasteiger partial charge is 0.492 e. The van der Waals surface area contributed by atoms with Crippen LogP contribution in [0.15, 0.2) is 24.3 Å². The van der Waals surface area contributed by atoms with Crippen LogP contribution in [0, 0.1) is 5.92 Å². The first-order valence-corrected chi connectivity index (χ1v) is 8.09. The highest BCUT2D eigenvalue weighted by molar-refractivity contribution is 5.94. The molecule has 1 aliphatic heterocycles. The Hall–Kier alpha value is -1.97. The molecule has 0 unspecified atom stereocenters. The predicted molar refractivity (Wildman–Crippen MR) is 86.5 cm³/mol. The molecule has 3 rings (SSSR count). The van der Waals surface area contributed by atoms with Gasteiger partial charge in [0.15, 0.2) is 0 Å². The lowest BCUT2D eigenvalue weighted by atomic mass is 9.93. The number of benzene rings is 1. The number of hydrogen-bond acceptors (Lipinski definition) is 3. The minimum absolute atomic E-state index is 0.0487. The van der Waals surface area contributed by atoms with E-state index in [1.54, 1.807) is 0 Å². The summed E-state index contributed by atoms with van der Waals surface area (Å²) in [5.74, 6) is 1.71. The van der Waals surface area contributed by atoms with Gasteiger partial charge < -0.3 is 14.8 Å². The molecule has 0 spiro atoms. The van der Waals surface area contributed by atoms with Crippen molar-refractivity contribution in [3.63, 3.8) is 0 Å². The van der Waals surface area contributed by atoms with Gasteiger partial charge >= 0.3 is 0 Å². The van der Waals surface area contributed by atoms with E-state index in [4.69, 9.17) is 9.47 Å². The van der Waals surface area contributed by atoms with Gasteiger partial charge in [-0.2, -0.15) is 0 Å². The average Bonchev–Trinajstić information content (AvgIpc) is 2.87. The van der Waals surface area contributed by atoms with Crippen LogP contribution in [0.4, 0.5) is 5.69 Å². The Kier molecular flexibility index (Phi) is 4.36. The van der Waals surface area contributed by atoms with Gasteiger partial charge in [-0.15, -0.1) is 0 Å². The fourth-order valence-electron chi connectivity index (χ4n) is 3.08. The molecule has 0 radical (unpaired) electrons. The molecule has 1 aromatic rings. The molecule has 1 aromatic carbocycles. The van der Waals surface area contributed by atoms with Crippen molar-refractivity contribution in [1.29, 1.82) is 0 Å². The van der Waals surface area contributed by atoms with Gasteiger partial charge in [-0.05, 0) is 39.2 Å². The molecule has 1 aliphatic carbocycles. The van der Waals surface area contributed by atoms with Gasteiger partial charge in [0.1, 0.15) is 17.6 Å². The number of amides is 1. The average molecular weight is 301 g/mol. The van der Waals surface area contributed by atoms with Crippen LogP contribution < -0.4 is 14.8 Å². The van der Waals surface area contributed by atoms with Crippen LogP contribution in [0.1, 0.15) is 38.7 Å². The normalized spacial score (nSPS) is 22.8. The van der Waals surface area contributed by atoms with Gasteiger partial charge in [0.05, 0.1) is 12.3 Å². The molecule has 0 saturated carbocycles. The first-order valence-electron chi connectivity index (χ1n) is 8.09. The van der Waals surface area contributed by atoms with E-state index in [0.29, 0.717) is 12.3 Å². The van der Waals surface area contributed by atoms with E-state index in [-0.39, 0.29) is 17.9 Å².